The topological polar surface area (TPSA) is 16.1 Å². The largest absolute Gasteiger partial charge is 0.354 e. The highest BCUT2D eigenvalue weighted by Gasteiger charge is 2.29. The normalized spacial score (nSPS) is 19.4. The van der Waals surface area contributed by atoms with Gasteiger partial charge in [-0.25, -0.2) is 9.37 Å². The van der Waals surface area contributed by atoms with E-state index in [0.29, 0.717) is 15.7 Å². The SMILES string of the molecule is CCC1(C)CCN(c2ncc(Br)cc2F)CC1. The van der Waals surface area contributed by atoms with Gasteiger partial charge in [0.2, 0.25) is 0 Å². The van der Waals surface area contributed by atoms with Gasteiger partial charge in [0.1, 0.15) is 0 Å². The van der Waals surface area contributed by atoms with Crippen molar-refractivity contribution >= 4 is 21.7 Å². The highest BCUT2D eigenvalue weighted by atomic mass is 79.9. The molecule has 0 saturated carbocycles. The first kappa shape index (κ1) is 12.8. The first-order valence-electron chi connectivity index (χ1n) is 6.10. The summed E-state index contributed by atoms with van der Waals surface area (Å²) in [4.78, 5) is 6.23. The molecule has 0 radical (unpaired) electrons. The first-order chi connectivity index (χ1) is 8.04. The van der Waals surface area contributed by atoms with E-state index in [4.69, 9.17) is 0 Å². The molecule has 0 aromatic carbocycles. The maximum atomic E-state index is 13.8. The average Bonchev–Trinajstić information content (AvgIpc) is 2.31. The predicted molar refractivity (Wildman–Crippen MR) is 71.7 cm³/mol. The maximum absolute atomic E-state index is 13.8. The van der Waals surface area contributed by atoms with Crippen LogP contribution in [0.1, 0.15) is 33.1 Å². The van der Waals surface area contributed by atoms with E-state index in [-0.39, 0.29) is 5.82 Å². The van der Waals surface area contributed by atoms with Crippen LogP contribution in [0.3, 0.4) is 0 Å². The lowest BCUT2D eigenvalue weighted by molar-refractivity contribution is 0.237. The molecular weight excluding hydrogens is 283 g/mol. The van der Waals surface area contributed by atoms with Crippen LogP contribution >= 0.6 is 15.9 Å². The summed E-state index contributed by atoms with van der Waals surface area (Å²) in [5, 5.41) is 0. The van der Waals surface area contributed by atoms with Crippen LogP contribution in [0.5, 0.6) is 0 Å². The molecule has 0 aliphatic carbocycles. The molecule has 1 fully saturated rings. The smallest absolute Gasteiger partial charge is 0.166 e. The third kappa shape index (κ3) is 2.79. The summed E-state index contributed by atoms with van der Waals surface area (Å²) < 4.78 is 14.5. The van der Waals surface area contributed by atoms with E-state index < -0.39 is 0 Å². The van der Waals surface area contributed by atoms with E-state index in [9.17, 15) is 4.39 Å². The third-order valence-corrected chi connectivity index (χ3v) is 4.35. The van der Waals surface area contributed by atoms with Crippen LogP contribution < -0.4 is 4.90 Å². The van der Waals surface area contributed by atoms with E-state index in [1.54, 1.807) is 6.20 Å². The Kier molecular flexibility index (Phi) is 3.71. The Hall–Kier alpha value is -0.640. The Labute approximate surface area is 110 Å². The second kappa shape index (κ2) is 4.92. The first-order valence-corrected chi connectivity index (χ1v) is 6.89. The number of rotatable bonds is 2. The molecule has 0 amide bonds. The zero-order chi connectivity index (χ0) is 12.5. The van der Waals surface area contributed by atoms with Crippen molar-refractivity contribution in [3.63, 3.8) is 0 Å². The molecule has 0 atom stereocenters. The summed E-state index contributed by atoms with van der Waals surface area (Å²) in [6, 6.07) is 1.48. The van der Waals surface area contributed by atoms with Crippen molar-refractivity contribution in [2.24, 2.45) is 5.41 Å². The van der Waals surface area contributed by atoms with Crippen LogP contribution in [0.15, 0.2) is 16.7 Å². The fraction of sp³-hybridized carbons (Fsp3) is 0.615. The molecule has 4 heteroatoms. The van der Waals surface area contributed by atoms with E-state index in [2.05, 4.69) is 39.7 Å². The number of pyridine rings is 1. The molecule has 1 aromatic heterocycles. The van der Waals surface area contributed by atoms with Crippen LogP contribution in [0.4, 0.5) is 10.2 Å². The van der Waals surface area contributed by atoms with Gasteiger partial charge in [-0.05, 0) is 40.3 Å². The zero-order valence-corrected chi connectivity index (χ0v) is 11.9. The highest BCUT2D eigenvalue weighted by molar-refractivity contribution is 9.10. The van der Waals surface area contributed by atoms with Crippen molar-refractivity contribution < 1.29 is 4.39 Å². The summed E-state index contributed by atoms with van der Waals surface area (Å²) >= 11 is 3.23. The van der Waals surface area contributed by atoms with Crippen LogP contribution in [-0.4, -0.2) is 18.1 Å². The lowest BCUT2D eigenvalue weighted by Crippen LogP contribution is -2.39. The number of aromatic nitrogens is 1. The van der Waals surface area contributed by atoms with Gasteiger partial charge in [-0.1, -0.05) is 20.3 Å². The molecule has 1 aliphatic heterocycles. The molecule has 1 aliphatic rings. The lowest BCUT2D eigenvalue weighted by Gasteiger charge is -2.39. The summed E-state index contributed by atoms with van der Waals surface area (Å²) in [6.45, 7) is 6.34. The van der Waals surface area contributed by atoms with E-state index in [0.717, 1.165) is 25.9 Å². The minimum absolute atomic E-state index is 0.237. The Morgan fingerprint density at radius 3 is 2.65 bits per heavy atom. The summed E-state index contributed by atoms with van der Waals surface area (Å²) in [7, 11) is 0. The fourth-order valence-corrected chi connectivity index (χ4v) is 2.56. The van der Waals surface area contributed by atoms with Crippen molar-refractivity contribution in [3.8, 4) is 0 Å². The Bertz CT molecular complexity index is 400. The number of piperidine rings is 1. The van der Waals surface area contributed by atoms with Gasteiger partial charge < -0.3 is 4.90 Å². The number of anilines is 1. The number of hydrogen-bond donors (Lipinski definition) is 0. The van der Waals surface area contributed by atoms with Crippen molar-refractivity contribution in [1.29, 1.82) is 0 Å². The van der Waals surface area contributed by atoms with Gasteiger partial charge in [0, 0.05) is 23.8 Å². The number of halogens is 2. The van der Waals surface area contributed by atoms with Gasteiger partial charge in [-0.3, -0.25) is 0 Å². The molecule has 17 heavy (non-hydrogen) atoms. The highest BCUT2D eigenvalue weighted by Crippen LogP contribution is 2.35. The van der Waals surface area contributed by atoms with Gasteiger partial charge in [-0.2, -0.15) is 0 Å². The summed E-state index contributed by atoms with van der Waals surface area (Å²) in [6.07, 6.45) is 5.07. The van der Waals surface area contributed by atoms with Gasteiger partial charge >= 0.3 is 0 Å². The zero-order valence-electron chi connectivity index (χ0n) is 10.3. The van der Waals surface area contributed by atoms with Gasteiger partial charge in [-0.15, -0.1) is 0 Å². The average molecular weight is 301 g/mol. The Morgan fingerprint density at radius 2 is 2.12 bits per heavy atom. The third-order valence-electron chi connectivity index (χ3n) is 3.91. The predicted octanol–water partition coefficient (Wildman–Crippen LogP) is 4.00. The van der Waals surface area contributed by atoms with Crippen LogP contribution in [-0.2, 0) is 0 Å². The van der Waals surface area contributed by atoms with Gasteiger partial charge in [0.25, 0.3) is 0 Å². The van der Waals surface area contributed by atoms with Crippen molar-refractivity contribution in [3.05, 3.63) is 22.6 Å². The second-order valence-corrected chi connectivity index (χ2v) is 6.03. The fourth-order valence-electron chi connectivity index (χ4n) is 2.25. The molecule has 0 unspecified atom stereocenters. The number of hydrogen-bond acceptors (Lipinski definition) is 2. The standard InChI is InChI=1S/C13H18BrFN2/c1-3-13(2)4-6-17(7-5-13)12-11(15)8-10(14)9-16-12/h8-9H,3-7H2,1-2H3. The van der Waals surface area contributed by atoms with Crippen LogP contribution in [0, 0.1) is 11.2 Å². The molecule has 1 saturated heterocycles. The molecule has 1 aromatic rings. The van der Waals surface area contributed by atoms with Crippen molar-refractivity contribution in [2.75, 3.05) is 18.0 Å². The molecule has 2 heterocycles. The van der Waals surface area contributed by atoms with E-state index in [1.165, 1.54) is 12.5 Å². The molecule has 2 nitrogen and oxygen atoms in total. The molecule has 2 rings (SSSR count). The lowest BCUT2D eigenvalue weighted by atomic mass is 9.78. The molecule has 94 valence electrons. The molecule has 0 spiro atoms. The van der Waals surface area contributed by atoms with Crippen molar-refractivity contribution in [1.82, 2.24) is 4.98 Å². The van der Waals surface area contributed by atoms with Crippen LogP contribution in [0.2, 0.25) is 0 Å². The second-order valence-electron chi connectivity index (χ2n) is 5.11. The Balaban J connectivity index is 2.10. The quantitative estimate of drug-likeness (QED) is 0.821. The van der Waals surface area contributed by atoms with E-state index >= 15 is 0 Å². The Morgan fingerprint density at radius 1 is 1.47 bits per heavy atom. The van der Waals surface area contributed by atoms with Gasteiger partial charge in [0.15, 0.2) is 11.6 Å². The maximum Gasteiger partial charge on any atom is 0.166 e. The minimum Gasteiger partial charge on any atom is -0.354 e. The van der Waals surface area contributed by atoms with E-state index in [1.807, 2.05) is 0 Å². The monoisotopic (exact) mass is 300 g/mol. The molecular formula is C13H18BrFN2. The van der Waals surface area contributed by atoms with Crippen molar-refractivity contribution in [2.45, 2.75) is 33.1 Å². The van der Waals surface area contributed by atoms with Gasteiger partial charge in [0.05, 0.1) is 0 Å². The van der Waals surface area contributed by atoms with Crippen LogP contribution in [0.25, 0.3) is 0 Å². The minimum atomic E-state index is -0.237. The summed E-state index contributed by atoms with van der Waals surface area (Å²) in [5.41, 5.74) is 0.419. The number of nitrogens with zero attached hydrogens (tertiary/aromatic N) is 2. The molecule has 0 bridgehead atoms. The summed E-state index contributed by atoms with van der Waals surface area (Å²) in [5.74, 6) is 0.255. The molecule has 0 N–H and O–H groups in total.